The van der Waals surface area contributed by atoms with Gasteiger partial charge in [-0.2, -0.15) is 0 Å². The Kier molecular flexibility index (Phi) is 5.52. The molecule has 1 N–H and O–H groups in total. The lowest BCUT2D eigenvalue weighted by Gasteiger charge is -2.36. The molecule has 0 bridgehead atoms. The predicted octanol–water partition coefficient (Wildman–Crippen LogP) is 4.73. The van der Waals surface area contributed by atoms with E-state index in [9.17, 15) is 9.18 Å². The van der Waals surface area contributed by atoms with Gasteiger partial charge in [-0.05, 0) is 49.7 Å². The highest BCUT2D eigenvalue weighted by molar-refractivity contribution is 5.97. The third-order valence-electron chi connectivity index (χ3n) is 4.73. The summed E-state index contributed by atoms with van der Waals surface area (Å²) in [7, 11) is 0. The van der Waals surface area contributed by atoms with Gasteiger partial charge in [-0.15, -0.1) is 0 Å². The number of pyridine rings is 1. The fraction of sp³-hybridized carbons (Fsp3) is 0.545. The zero-order valence-electron chi connectivity index (χ0n) is 16.6. The molecule has 1 aromatic heterocycles. The van der Waals surface area contributed by atoms with Crippen LogP contribution in [0.4, 0.5) is 4.39 Å². The summed E-state index contributed by atoms with van der Waals surface area (Å²) in [4.78, 5) is 17.0. The number of para-hydroxylation sites is 1. The number of amides is 1. The quantitative estimate of drug-likeness (QED) is 0.765. The Labute approximate surface area is 160 Å². The first-order valence-corrected chi connectivity index (χ1v) is 9.60. The van der Waals surface area contributed by atoms with E-state index < -0.39 is 5.54 Å². The number of nitrogens with zero attached hydrogens (tertiary/aromatic N) is 1. The lowest BCUT2D eigenvalue weighted by Crippen LogP contribution is -2.51. The molecule has 0 spiro atoms. The molecule has 0 radical (unpaired) electrons. The highest BCUT2D eigenvalue weighted by Gasteiger charge is 2.33. The van der Waals surface area contributed by atoms with Crippen LogP contribution in [0.15, 0.2) is 30.5 Å². The second-order valence-electron chi connectivity index (χ2n) is 9.25. The van der Waals surface area contributed by atoms with E-state index in [2.05, 4.69) is 31.1 Å². The van der Waals surface area contributed by atoms with Gasteiger partial charge in [0.25, 0.3) is 5.91 Å². The normalized spacial score (nSPS) is 16.9. The van der Waals surface area contributed by atoms with Crippen molar-refractivity contribution in [2.75, 3.05) is 13.2 Å². The molecular formula is C22H29FN2O2. The molecule has 2 aromatic rings. The summed E-state index contributed by atoms with van der Waals surface area (Å²) in [6, 6.07) is 6.43. The lowest BCUT2D eigenvalue weighted by molar-refractivity contribution is 0.0449. The third-order valence-corrected chi connectivity index (χ3v) is 4.73. The second-order valence-corrected chi connectivity index (χ2v) is 9.25. The van der Waals surface area contributed by atoms with Gasteiger partial charge >= 0.3 is 0 Å². The van der Waals surface area contributed by atoms with Gasteiger partial charge in [0, 0.05) is 18.2 Å². The number of fused-ring (bicyclic) bond motifs is 1. The molecule has 1 aliphatic rings. The number of nitrogens with one attached hydrogen (secondary N) is 1. The summed E-state index contributed by atoms with van der Waals surface area (Å²) < 4.78 is 19.7. The van der Waals surface area contributed by atoms with E-state index in [0.717, 1.165) is 13.0 Å². The Balaban J connectivity index is 1.75. The van der Waals surface area contributed by atoms with Crippen molar-refractivity contribution >= 4 is 16.8 Å². The molecule has 1 fully saturated rings. The Hall–Kier alpha value is -2.01. The average Bonchev–Trinajstić information content (AvgIpc) is 3.37. The third kappa shape index (κ3) is 5.48. The molecule has 27 heavy (non-hydrogen) atoms. The van der Waals surface area contributed by atoms with Crippen molar-refractivity contribution in [1.29, 1.82) is 0 Å². The first kappa shape index (κ1) is 19.7. The summed E-state index contributed by atoms with van der Waals surface area (Å²) in [6.45, 7) is 9.71. The molecular weight excluding hydrogens is 343 g/mol. The monoisotopic (exact) mass is 372 g/mol. The van der Waals surface area contributed by atoms with E-state index in [1.54, 1.807) is 18.2 Å². The molecule has 0 saturated heterocycles. The average molecular weight is 372 g/mol. The van der Waals surface area contributed by atoms with Crippen LogP contribution in [-0.4, -0.2) is 29.6 Å². The first-order chi connectivity index (χ1) is 12.7. The van der Waals surface area contributed by atoms with Crippen LogP contribution in [0.25, 0.3) is 10.9 Å². The molecule has 0 aliphatic heterocycles. The van der Waals surface area contributed by atoms with Crippen LogP contribution in [0.5, 0.6) is 0 Å². The number of carbonyl (C=O) groups is 1. The van der Waals surface area contributed by atoms with Gasteiger partial charge in [-0.3, -0.25) is 9.78 Å². The maximum Gasteiger partial charge on any atom is 0.253 e. The van der Waals surface area contributed by atoms with E-state index in [0.29, 0.717) is 23.5 Å². The van der Waals surface area contributed by atoms with E-state index in [1.165, 1.54) is 25.1 Å². The SMILES string of the molecule is CC(C)(C)CC(C)(COCC1CC1)NC(=O)c1cnc2c(F)cccc2c1. The molecule has 1 aromatic carbocycles. The number of rotatable bonds is 7. The van der Waals surface area contributed by atoms with Gasteiger partial charge in [0.1, 0.15) is 11.3 Å². The molecule has 4 nitrogen and oxygen atoms in total. The molecule has 1 aliphatic carbocycles. The smallest absolute Gasteiger partial charge is 0.253 e. The van der Waals surface area contributed by atoms with Crippen molar-refractivity contribution in [2.24, 2.45) is 11.3 Å². The first-order valence-electron chi connectivity index (χ1n) is 9.60. The Morgan fingerprint density at radius 1 is 1.30 bits per heavy atom. The van der Waals surface area contributed by atoms with Gasteiger partial charge in [0.15, 0.2) is 0 Å². The topological polar surface area (TPSA) is 51.2 Å². The predicted molar refractivity (Wildman–Crippen MR) is 105 cm³/mol. The Morgan fingerprint density at radius 2 is 2.04 bits per heavy atom. The van der Waals surface area contributed by atoms with Crippen molar-refractivity contribution in [3.63, 3.8) is 0 Å². The van der Waals surface area contributed by atoms with Gasteiger partial charge < -0.3 is 10.1 Å². The van der Waals surface area contributed by atoms with Crippen LogP contribution < -0.4 is 5.32 Å². The minimum atomic E-state index is -0.485. The van der Waals surface area contributed by atoms with Crippen LogP contribution in [0.1, 0.15) is 57.3 Å². The van der Waals surface area contributed by atoms with E-state index in [-0.39, 0.29) is 22.7 Å². The lowest BCUT2D eigenvalue weighted by atomic mass is 9.81. The van der Waals surface area contributed by atoms with Crippen LogP contribution in [0.3, 0.4) is 0 Å². The molecule has 1 saturated carbocycles. The summed E-state index contributed by atoms with van der Waals surface area (Å²) in [5.41, 5.74) is 0.256. The Bertz CT molecular complexity index is 827. The number of ether oxygens (including phenoxy) is 1. The second kappa shape index (κ2) is 7.55. The van der Waals surface area contributed by atoms with Crippen molar-refractivity contribution in [3.8, 4) is 0 Å². The summed E-state index contributed by atoms with van der Waals surface area (Å²) in [6.07, 6.45) is 4.69. The van der Waals surface area contributed by atoms with Crippen LogP contribution in [-0.2, 0) is 4.74 Å². The van der Waals surface area contributed by atoms with E-state index >= 15 is 0 Å². The van der Waals surface area contributed by atoms with Gasteiger partial charge in [-0.25, -0.2) is 4.39 Å². The maximum atomic E-state index is 13.8. The summed E-state index contributed by atoms with van der Waals surface area (Å²) in [5, 5.41) is 3.76. The number of hydrogen-bond acceptors (Lipinski definition) is 3. The van der Waals surface area contributed by atoms with Gasteiger partial charge in [0.2, 0.25) is 0 Å². The zero-order chi connectivity index (χ0) is 19.7. The van der Waals surface area contributed by atoms with Crippen molar-refractivity contribution in [3.05, 3.63) is 41.8 Å². The minimum Gasteiger partial charge on any atom is -0.379 e. The van der Waals surface area contributed by atoms with Crippen LogP contribution in [0, 0.1) is 17.2 Å². The number of halogens is 1. The largest absolute Gasteiger partial charge is 0.379 e. The van der Waals surface area contributed by atoms with E-state index in [4.69, 9.17) is 4.74 Å². The highest BCUT2D eigenvalue weighted by Crippen LogP contribution is 2.31. The summed E-state index contributed by atoms with van der Waals surface area (Å²) >= 11 is 0. The highest BCUT2D eigenvalue weighted by atomic mass is 19.1. The number of aromatic nitrogens is 1. The standard InChI is InChI=1S/C22H29FN2O2/c1-21(2,3)13-22(4,14-27-12-15-8-9-15)25-20(26)17-10-16-6-5-7-18(23)19(16)24-11-17/h5-7,10-11,15H,8-9,12-14H2,1-4H3,(H,25,26). The number of hydrogen-bond donors (Lipinski definition) is 1. The fourth-order valence-electron chi connectivity index (χ4n) is 3.63. The molecule has 1 heterocycles. The zero-order valence-corrected chi connectivity index (χ0v) is 16.6. The Morgan fingerprint density at radius 3 is 2.70 bits per heavy atom. The fourth-order valence-corrected chi connectivity index (χ4v) is 3.63. The molecule has 1 amide bonds. The summed E-state index contributed by atoms with van der Waals surface area (Å²) in [5.74, 6) is 0.0834. The minimum absolute atomic E-state index is 0.0374. The number of benzene rings is 1. The molecule has 146 valence electrons. The van der Waals surface area contributed by atoms with Crippen LogP contribution in [0.2, 0.25) is 0 Å². The van der Waals surface area contributed by atoms with Crippen molar-refractivity contribution in [1.82, 2.24) is 10.3 Å². The van der Waals surface area contributed by atoms with E-state index in [1.807, 2.05) is 6.92 Å². The number of carbonyl (C=O) groups excluding carboxylic acids is 1. The van der Waals surface area contributed by atoms with Gasteiger partial charge in [-0.1, -0.05) is 32.9 Å². The maximum absolute atomic E-state index is 13.8. The molecule has 1 atom stereocenters. The van der Waals surface area contributed by atoms with Crippen molar-refractivity contribution in [2.45, 2.75) is 52.5 Å². The molecule has 3 rings (SSSR count). The van der Waals surface area contributed by atoms with Gasteiger partial charge in [0.05, 0.1) is 17.7 Å². The van der Waals surface area contributed by atoms with Crippen LogP contribution >= 0.6 is 0 Å². The van der Waals surface area contributed by atoms with Crippen molar-refractivity contribution < 1.29 is 13.9 Å². The molecule has 5 heteroatoms. The molecule has 1 unspecified atom stereocenters.